The number of thioether (sulfide) groups is 1. The van der Waals surface area contributed by atoms with E-state index in [1.54, 1.807) is 12.1 Å². The number of benzene rings is 2. The highest BCUT2D eigenvalue weighted by Crippen LogP contribution is 2.46. The van der Waals surface area contributed by atoms with E-state index >= 15 is 0 Å². The summed E-state index contributed by atoms with van der Waals surface area (Å²) in [6.45, 7) is 6.24. The van der Waals surface area contributed by atoms with Gasteiger partial charge >= 0.3 is 5.97 Å². The largest absolute Gasteiger partial charge is 0.466 e. The van der Waals surface area contributed by atoms with Crippen LogP contribution in [0.25, 0.3) is 0 Å². The number of allylic oxidation sites excluding steroid dienone is 1. The first-order valence-electron chi connectivity index (χ1n) is 11.5. The molecule has 1 atom stereocenters. The molecule has 6 nitrogen and oxygen atoms in total. The van der Waals surface area contributed by atoms with Gasteiger partial charge in [-0.3, -0.25) is 4.79 Å². The molecule has 0 spiro atoms. The maximum Gasteiger partial charge on any atom is 0.338 e. The van der Waals surface area contributed by atoms with E-state index in [4.69, 9.17) is 9.73 Å². The number of carbonyl (C=O) groups is 2. The number of amidine groups is 1. The van der Waals surface area contributed by atoms with E-state index in [0.29, 0.717) is 23.3 Å². The SMILES string of the molecule is CCC1=C(C(=O)OC)[C@H](c2ccc(C)cc2C)N2C(CC(=O)NCc3cccc(F)c3)=CSC2=N1. The molecule has 2 heterocycles. The molecule has 1 N–H and O–H groups in total. The quantitative estimate of drug-likeness (QED) is 0.531. The summed E-state index contributed by atoms with van der Waals surface area (Å²) in [4.78, 5) is 32.6. The first kappa shape index (κ1) is 24.7. The Morgan fingerprint density at radius 1 is 1.20 bits per heavy atom. The van der Waals surface area contributed by atoms with Crippen molar-refractivity contribution < 1.29 is 18.7 Å². The number of amides is 1. The fourth-order valence-corrected chi connectivity index (χ4v) is 5.35. The molecule has 8 heteroatoms. The van der Waals surface area contributed by atoms with Crippen molar-refractivity contribution in [2.24, 2.45) is 4.99 Å². The highest BCUT2D eigenvalue weighted by Gasteiger charge is 2.41. The van der Waals surface area contributed by atoms with Crippen LogP contribution < -0.4 is 5.32 Å². The normalized spacial score (nSPS) is 17.1. The average Bonchev–Trinajstić information content (AvgIpc) is 3.23. The molecule has 182 valence electrons. The van der Waals surface area contributed by atoms with E-state index in [2.05, 4.69) is 11.4 Å². The van der Waals surface area contributed by atoms with E-state index in [1.165, 1.54) is 31.0 Å². The summed E-state index contributed by atoms with van der Waals surface area (Å²) in [6, 6.07) is 11.8. The Balaban J connectivity index is 1.65. The number of nitrogens with one attached hydrogen (secondary N) is 1. The number of aliphatic imine (C=N–C) groups is 1. The molecule has 4 rings (SSSR count). The minimum atomic E-state index is -0.456. The van der Waals surface area contributed by atoms with Crippen LogP contribution in [0.2, 0.25) is 0 Å². The van der Waals surface area contributed by atoms with Gasteiger partial charge in [-0.15, -0.1) is 0 Å². The summed E-state index contributed by atoms with van der Waals surface area (Å²) in [7, 11) is 1.37. The van der Waals surface area contributed by atoms with Crippen molar-refractivity contribution in [1.29, 1.82) is 0 Å². The second-order valence-electron chi connectivity index (χ2n) is 8.54. The lowest BCUT2D eigenvalue weighted by Crippen LogP contribution is -2.38. The first-order valence-corrected chi connectivity index (χ1v) is 12.3. The number of fused-ring (bicyclic) bond motifs is 1. The summed E-state index contributed by atoms with van der Waals surface area (Å²) < 4.78 is 18.6. The molecule has 0 aromatic heterocycles. The summed E-state index contributed by atoms with van der Waals surface area (Å²) >= 11 is 1.44. The maximum atomic E-state index is 13.5. The number of nitrogens with zero attached hydrogens (tertiary/aromatic N) is 2. The van der Waals surface area contributed by atoms with Crippen molar-refractivity contribution in [2.75, 3.05) is 7.11 Å². The summed E-state index contributed by atoms with van der Waals surface area (Å²) in [5, 5.41) is 5.50. The number of carbonyl (C=O) groups excluding carboxylic acids is 2. The van der Waals surface area contributed by atoms with Gasteiger partial charge < -0.3 is 15.0 Å². The molecular weight excluding hydrogens is 465 g/mol. The number of hydrogen-bond donors (Lipinski definition) is 1. The third kappa shape index (κ3) is 5.17. The van der Waals surface area contributed by atoms with E-state index < -0.39 is 12.0 Å². The maximum absolute atomic E-state index is 13.5. The van der Waals surface area contributed by atoms with Crippen LogP contribution in [0.5, 0.6) is 0 Å². The summed E-state index contributed by atoms with van der Waals surface area (Å²) in [5.74, 6) is -0.973. The average molecular weight is 494 g/mol. The third-order valence-electron chi connectivity index (χ3n) is 6.07. The lowest BCUT2D eigenvalue weighted by atomic mass is 9.89. The second-order valence-corrected chi connectivity index (χ2v) is 9.38. The van der Waals surface area contributed by atoms with E-state index in [1.807, 2.05) is 43.2 Å². The number of hydrogen-bond acceptors (Lipinski definition) is 6. The fourth-order valence-electron chi connectivity index (χ4n) is 4.41. The van der Waals surface area contributed by atoms with Crippen molar-refractivity contribution in [3.05, 3.63) is 92.9 Å². The smallest absolute Gasteiger partial charge is 0.338 e. The van der Waals surface area contributed by atoms with Gasteiger partial charge in [0.15, 0.2) is 5.17 Å². The predicted octanol–water partition coefficient (Wildman–Crippen LogP) is 5.29. The molecular formula is C27H28FN3O3S. The number of methoxy groups -OCH3 is 1. The van der Waals surface area contributed by atoms with Crippen LogP contribution in [-0.2, 0) is 20.9 Å². The fraction of sp³-hybridized carbons (Fsp3) is 0.296. The number of rotatable bonds is 7. The summed E-state index contributed by atoms with van der Waals surface area (Å²) in [5.41, 5.74) is 5.73. The lowest BCUT2D eigenvalue weighted by Gasteiger charge is -2.37. The van der Waals surface area contributed by atoms with Gasteiger partial charge in [0, 0.05) is 12.2 Å². The first-order chi connectivity index (χ1) is 16.8. The van der Waals surface area contributed by atoms with Crippen molar-refractivity contribution in [1.82, 2.24) is 10.2 Å². The molecule has 1 amide bonds. The van der Waals surface area contributed by atoms with Crippen molar-refractivity contribution in [2.45, 2.75) is 46.2 Å². The Morgan fingerprint density at radius 2 is 2.00 bits per heavy atom. The van der Waals surface area contributed by atoms with Gasteiger partial charge in [-0.2, -0.15) is 0 Å². The molecule has 0 radical (unpaired) electrons. The predicted molar refractivity (Wildman–Crippen MR) is 136 cm³/mol. The highest BCUT2D eigenvalue weighted by molar-refractivity contribution is 8.16. The molecule has 35 heavy (non-hydrogen) atoms. The minimum Gasteiger partial charge on any atom is -0.466 e. The zero-order valence-electron chi connectivity index (χ0n) is 20.2. The van der Waals surface area contributed by atoms with Gasteiger partial charge in [0.05, 0.1) is 30.8 Å². The van der Waals surface area contributed by atoms with Crippen LogP contribution >= 0.6 is 11.8 Å². The van der Waals surface area contributed by atoms with Gasteiger partial charge in [0.25, 0.3) is 0 Å². The third-order valence-corrected chi connectivity index (χ3v) is 6.96. The number of aryl methyl sites for hydroxylation is 2. The van der Waals surface area contributed by atoms with E-state index in [-0.39, 0.29) is 24.7 Å². The highest BCUT2D eigenvalue weighted by atomic mass is 32.2. The van der Waals surface area contributed by atoms with Crippen LogP contribution in [0.3, 0.4) is 0 Å². The van der Waals surface area contributed by atoms with Crippen LogP contribution in [0.15, 0.2) is 69.8 Å². The Labute approximate surface area is 209 Å². The molecule has 0 unspecified atom stereocenters. The van der Waals surface area contributed by atoms with Crippen LogP contribution in [0, 0.1) is 19.7 Å². The zero-order valence-corrected chi connectivity index (χ0v) is 21.0. The minimum absolute atomic E-state index is 0.0959. The monoisotopic (exact) mass is 493 g/mol. The Hall–Kier alpha value is -3.39. The standard InChI is InChI=1S/C27H28FN3O3S/c1-5-22-24(26(33)34-4)25(21-10-9-16(2)11-17(21)3)31-20(15-35-27(31)30-22)13-23(32)29-14-18-7-6-8-19(28)12-18/h6-12,15,25H,5,13-14H2,1-4H3,(H,29,32)/t25-/m0/s1. The molecule has 0 fully saturated rings. The molecule has 2 aliphatic rings. The van der Waals surface area contributed by atoms with Crippen LogP contribution in [-0.4, -0.2) is 29.1 Å². The molecule has 2 aromatic carbocycles. The Morgan fingerprint density at radius 3 is 2.69 bits per heavy atom. The van der Waals surface area contributed by atoms with Gasteiger partial charge in [-0.05, 0) is 54.5 Å². The van der Waals surface area contributed by atoms with Gasteiger partial charge in [0.1, 0.15) is 5.82 Å². The number of esters is 1. The molecule has 0 saturated heterocycles. The van der Waals surface area contributed by atoms with Crippen LogP contribution in [0.1, 0.15) is 48.1 Å². The number of ether oxygens (including phenoxy) is 1. The van der Waals surface area contributed by atoms with Gasteiger partial charge in [-0.1, -0.05) is 54.6 Å². The van der Waals surface area contributed by atoms with Gasteiger partial charge in [-0.25, -0.2) is 14.2 Å². The Kier molecular flexibility index (Phi) is 7.40. The van der Waals surface area contributed by atoms with E-state index in [9.17, 15) is 14.0 Å². The molecule has 2 aliphatic heterocycles. The van der Waals surface area contributed by atoms with Crippen LogP contribution in [0.4, 0.5) is 4.39 Å². The Bertz CT molecular complexity index is 1270. The van der Waals surface area contributed by atoms with Crippen molar-refractivity contribution in [3.8, 4) is 0 Å². The molecule has 2 aromatic rings. The summed E-state index contributed by atoms with van der Waals surface area (Å²) in [6.07, 6.45) is 0.672. The second kappa shape index (κ2) is 10.5. The lowest BCUT2D eigenvalue weighted by molar-refractivity contribution is -0.136. The van der Waals surface area contributed by atoms with Crippen molar-refractivity contribution >= 4 is 28.8 Å². The van der Waals surface area contributed by atoms with Crippen molar-refractivity contribution in [3.63, 3.8) is 0 Å². The van der Waals surface area contributed by atoms with Gasteiger partial charge in [0.2, 0.25) is 5.91 Å². The zero-order chi connectivity index (χ0) is 25.1. The molecule has 0 bridgehead atoms. The number of halogens is 1. The molecule has 0 aliphatic carbocycles. The van der Waals surface area contributed by atoms with E-state index in [0.717, 1.165) is 27.6 Å². The topological polar surface area (TPSA) is 71.0 Å². The molecule has 0 saturated carbocycles.